The highest BCUT2D eigenvalue weighted by atomic mass is 16.4. The number of carbonyl (C=O) groups is 2. The van der Waals surface area contributed by atoms with Crippen molar-refractivity contribution in [3.05, 3.63) is 11.6 Å². The van der Waals surface area contributed by atoms with E-state index in [1.165, 1.54) is 5.57 Å². The first-order valence-corrected chi connectivity index (χ1v) is 6.25. The molecule has 1 aliphatic carbocycles. The third kappa shape index (κ3) is 2.68. The normalized spacial score (nSPS) is 29.0. The lowest BCUT2D eigenvalue weighted by Gasteiger charge is -2.28. The molecule has 0 spiro atoms. The van der Waals surface area contributed by atoms with Crippen molar-refractivity contribution in [2.75, 3.05) is 13.1 Å². The monoisotopic (exact) mass is 237 g/mol. The molecule has 2 unspecified atom stereocenters. The fraction of sp³-hybridized carbons (Fsp3) is 0.692. The van der Waals surface area contributed by atoms with Gasteiger partial charge in [0.05, 0.1) is 5.92 Å². The third-order valence-electron chi connectivity index (χ3n) is 3.88. The van der Waals surface area contributed by atoms with E-state index in [1.54, 1.807) is 0 Å². The molecule has 2 rings (SSSR count). The van der Waals surface area contributed by atoms with Gasteiger partial charge in [0, 0.05) is 19.0 Å². The van der Waals surface area contributed by atoms with Crippen molar-refractivity contribution in [1.29, 1.82) is 0 Å². The van der Waals surface area contributed by atoms with Crippen molar-refractivity contribution in [2.24, 2.45) is 11.8 Å². The van der Waals surface area contributed by atoms with Crippen molar-refractivity contribution >= 4 is 11.9 Å². The molecule has 0 saturated heterocycles. The SMILES string of the molecule is CC1=CCN(C(=O)C2CCC(C(=O)O)C2)CC1. The molecular weight excluding hydrogens is 218 g/mol. The standard InChI is InChI=1S/C13H19NO3/c1-9-4-6-14(7-5-9)12(15)10-2-3-11(8-10)13(16)17/h4,10-11H,2-3,5-8H2,1H3,(H,16,17). The number of aliphatic carboxylic acids is 1. The maximum atomic E-state index is 12.2. The maximum Gasteiger partial charge on any atom is 0.306 e. The molecule has 1 N–H and O–H groups in total. The van der Waals surface area contributed by atoms with Gasteiger partial charge in [-0.15, -0.1) is 0 Å². The Hall–Kier alpha value is -1.32. The third-order valence-corrected chi connectivity index (χ3v) is 3.88. The molecule has 1 saturated carbocycles. The largest absolute Gasteiger partial charge is 0.481 e. The van der Waals surface area contributed by atoms with Gasteiger partial charge in [0.2, 0.25) is 5.91 Å². The second kappa shape index (κ2) is 4.90. The molecule has 1 heterocycles. The van der Waals surface area contributed by atoms with Gasteiger partial charge in [-0.3, -0.25) is 9.59 Å². The van der Waals surface area contributed by atoms with Crippen LogP contribution in [0, 0.1) is 11.8 Å². The van der Waals surface area contributed by atoms with Crippen LogP contribution in [0.5, 0.6) is 0 Å². The smallest absolute Gasteiger partial charge is 0.306 e. The fourth-order valence-electron chi connectivity index (χ4n) is 2.66. The van der Waals surface area contributed by atoms with Crippen LogP contribution < -0.4 is 0 Å². The lowest BCUT2D eigenvalue weighted by molar-refractivity contribution is -0.141. The lowest BCUT2D eigenvalue weighted by Crippen LogP contribution is -2.38. The highest BCUT2D eigenvalue weighted by Gasteiger charge is 2.35. The van der Waals surface area contributed by atoms with Gasteiger partial charge >= 0.3 is 5.97 Å². The fourth-order valence-corrected chi connectivity index (χ4v) is 2.66. The van der Waals surface area contributed by atoms with Crippen molar-refractivity contribution in [1.82, 2.24) is 4.90 Å². The first-order chi connectivity index (χ1) is 8.08. The summed E-state index contributed by atoms with van der Waals surface area (Å²) in [6, 6.07) is 0. The Kier molecular flexibility index (Phi) is 3.50. The predicted octanol–water partition coefficient (Wildman–Crippen LogP) is 1.67. The van der Waals surface area contributed by atoms with Crippen LogP contribution >= 0.6 is 0 Å². The van der Waals surface area contributed by atoms with Crippen LogP contribution in [0.15, 0.2) is 11.6 Å². The van der Waals surface area contributed by atoms with E-state index in [-0.39, 0.29) is 17.7 Å². The Morgan fingerprint density at radius 1 is 1.35 bits per heavy atom. The van der Waals surface area contributed by atoms with Gasteiger partial charge in [-0.1, -0.05) is 11.6 Å². The van der Waals surface area contributed by atoms with Crippen LogP contribution in [-0.4, -0.2) is 35.0 Å². The van der Waals surface area contributed by atoms with E-state index in [0.717, 1.165) is 19.4 Å². The van der Waals surface area contributed by atoms with E-state index in [9.17, 15) is 9.59 Å². The van der Waals surface area contributed by atoms with Gasteiger partial charge in [-0.25, -0.2) is 0 Å². The second-order valence-corrected chi connectivity index (χ2v) is 5.13. The Balaban J connectivity index is 1.91. The predicted molar refractivity (Wildman–Crippen MR) is 63.4 cm³/mol. The van der Waals surface area contributed by atoms with E-state index in [4.69, 9.17) is 5.11 Å². The van der Waals surface area contributed by atoms with Gasteiger partial charge in [-0.05, 0) is 32.6 Å². The second-order valence-electron chi connectivity index (χ2n) is 5.13. The molecule has 4 nitrogen and oxygen atoms in total. The Morgan fingerprint density at radius 2 is 2.06 bits per heavy atom. The molecule has 94 valence electrons. The maximum absolute atomic E-state index is 12.2. The minimum absolute atomic E-state index is 0.0668. The van der Waals surface area contributed by atoms with E-state index >= 15 is 0 Å². The zero-order valence-corrected chi connectivity index (χ0v) is 10.2. The number of hydrogen-bond acceptors (Lipinski definition) is 2. The average molecular weight is 237 g/mol. The van der Waals surface area contributed by atoms with Crippen LogP contribution in [0.25, 0.3) is 0 Å². The molecule has 0 radical (unpaired) electrons. The van der Waals surface area contributed by atoms with Crippen molar-refractivity contribution in [3.8, 4) is 0 Å². The summed E-state index contributed by atoms with van der Waals surface area (Å²) in [6.45, 7) is 3.56. The molecule has 0 aromatic carbocycles. The summed E-state index contributed by atoms with van der Waals surface area (Å²) in [5.41, 5.74) is 1.34. The number of rotatable bonds is 2. The minimum atomic E-state index is -0.755. The van der Waals surface area contributed by atoms with Crippen molar-refractivity contribution in [3.63, 3.8) is 0 Å². The van der Waals surface area contributed by atoms with Crippen molar-refractivity contribution < 1.29 is 14.7 Å². The molecule has 0 aromatic heterocycles. The summed E-state index contributed by atoms with van der Waals surface area (Å²) in [4.78, 5) is 24.9. The minimum Gasteiger partial charge on any atom is -0.481 e. The molecule has 1 fully saturated rings. The Morgan fingerprint density at radius 3 is 2.59 bits per heavy atom. The summed E-state index contributed by atoms with van der Waals surface area (Å²) in [6.07, 6.45) is 4.93. The highest BCUT2D eigenvalue weighted by Crippen LogP contribution is 2.32. The van der Waals surface area contributed by atoms with Crippen LogP contribution in [-0.2, 0) is 9.59 Å². The number of carbonyl (C=O) groups excluding carboxylic acids is 1. The molecule has 1 amide bonds. The van der Waals surface area contributed by atoms with Crippen LogP contribution in [0.2, 0.25) is 0 Å². The number of amides is 1. The number of hydrogen-bond donors (Lipinski definition) is 1. The van der Waals surface area contributed by atoms with E-state index in [2.05, 4.69) is 13.0 Å². The van der Waals surface area contributed by atoms with Crippen LogP contribution in [0.1, 0.15) is 32.6 Å². The number of carboxylic acid groups (broad SMARTS) is 1. The summed E-state index contributed by atoms with van der Waals surface area (Å²) in [7, 11) is 0. The zero-order valence-electron chi connectivity index (χ0n) is 10.2. The van der Waals surface area contributed by atoms with Crippen LogP contribution in [0.4, 0.5) is 0 Å². The first kappa shape index (κ1) is 12.1. The van der Waals surface area contributed by atoms with Crippen LogP contribution in [0.3, 0.4) is 0 Å². The average Bonchev–Trinajstić information content (AvgIpc) is 2.78. The van der Waals surface area contributed by atoms with Gasteiger partial charge in [0.25, 0.3) is 0 Å². The number of carboxylic acids is 1. The lowest BCUT2D eigenvalue weighted by atomic mass is 10.0. The molecule has 2 atom stereocenters. The van der Waals surface area contributed by atoms with E-state index in [0.29, 0.717) is 19.4 Å². The van der Waals surface area contributed by atoms with Gasteiger partial charge in [-0.2, -0.15) is 0 Å². The molecular formula is C13H19NO3. The topological polar surface area (TPSA) is 57.6 Å². The zero-order chi connectivity index (χ0) is 12.4. The summed E-state index contributed by atoms with van der Waals surface area (Å²) in [5.74, 6) is -0.985. The molecule has 0 bridgehead atoms. The van der Waals surface area contributed by atoms with E-state index in [1.807, 2.05) is 4.90 Å². The first-order valence-electron chi connectivity index (χ1n) is 6.25. The number of nitrogens with zero attached hydrogens (tertiary/aromatic N) is 1. The Labute approximate surface area is 101 Å². The summed E-state index contributed by atoms with van der Waals surface area (Å²) in [5, 5.41) is 8.92. The van der Waals surface area contributed by atoms with Gasteiger partial charge in [0.15, 0.2) is 0 Å². The quantitative estimate of drug-likeness (QED) is 0.743. The van der Waals surface area contributed by atoms with Gasteiger partial charge < -0.3 is 10.0 Å². The highest BCUT2D eigenvalue weighted by molar-refractivity contribution is 5.81. The molecule has 4 heteroatoms. The van der Waals surface area contributed by atoms with Gasteiger partial charge in [0.1, 0.15) is 0 Å². The Bertz CT molecular complexity index is 362. The summed E-state index contributed by atoms with van der Waals surface area (Å²) < 4.78 is 0. The van der Waals surface area contributed by atoms with E-state index < -0.39 is 5.97 Å². The molecule has 1 aliphatic heterocycles. The van der Waals surface area contributed by atoms with Crippen molar-refractivity contribution in [2.45, 2.75) is 32.6 Å². The molecule has 2 aliphatic rings. The molecule has 0 aromatic rings. The summed E-state index contributed by atoms with van der Waals surface area (Å²) >= 11 is 0. The molecule has 17 heavy (non-hydrogen) atoms.